The number of thioether (sulfide) groups is 4. The first-order chi connectivity index (χ1) is 20.8. The van der Waals surface area contributed by atoms with E-state index >= 15 is 0 Å². The van der Waals surface area contributed by atoms with Gasteiger partial charge in [0, 0.05) is 46.5 Å². The number of benzene rings is 1. The molecule has 0 aromatic heterocycles. The summed E-state index contributed by atoms with van der Waals surface area (Å²) in [6.07, 6.45) is 20.1. The molecule has 0 saturated carbocycles. The van der Waals surface area contributed by atoms with Gasteiger partial charge in [-0.25, -0.2) is 0 Å². The highest BCUT2D eigenvalue weighted by Gasteiger charge is 2.12. The molecular weight excluding hydrogens is 678 g/mol. The molecule has 8 heteroatoms. The first-order valence-electron chi connectivity index (χ1n) is 16.4. The topological polar surface area (TPSA) is 0 Å². The van der Waals surface area contributed by atoms with Crippen LogP contribution < -0.4 is 0 Å². The van der Waals surface area contributed by atoms with Gasteiger partial charge in [0.1, 0.15) is 0 Å². The second-order valence-electron chi connectivity index (χ2n) is 11.0. The molecule has 0 bridgehead atoms. The van der Waals surface area contributed by atoms with Crippen molar-refractivity contribution in [3.63, 3.8) is 0 Å². The normalized spacial score (nSPS) is 11.5. The number of alkyl halides is 4. The molecule has 0 fully saturated rings. The van der Waals surface area contributed by atoms with Crippen molar-refractivity contribution in [2.24, 2.45) is 0 Å². The van der Waals surface area contributed by atoms with E-state index in [4.69, 9.17) is 46.4 Å². The second kappa shape index (κ2) is 32.7. The van der Waals surface area contributed by atoms with Gasteiger partial charge in [-0.05, 0) is 96.6 Å². The Morgan fingerprint density at radius 3 is 0.738 bits per heavy atom. The van der Waals surface area contributed by atoms with E-state index in [2.05, 4.69) is 59.2 Å². The highest BCUT2D eigenvalue weighted by Crippen LogP contribution is 2.31. The predicted molar refractivity (Wildman–Crippen MR) is 208 cm³/mol. The van der Waals surface area contributed by atoms with Crippen LogP contribution in [0.5, 0.6) is 0 Å². The average Bonchev–Trinajstić information content (AvgIpc) is 3.00. The summed E-state index contributed by atoms with van der Waals surface area (Å²) in [7, 11) is 0. The Hall–Kier alpha value is 1.78. The summed E-state index contributed by atoms with van der Waals surface area (Å²) < 4.78 is 0. The summed E-state index contributed by atoms with van der Waals surface area (Å²) in [5.74, 6) is 12.8. The number of hydrogen-bond donors (Lipinski definition) is 0. The van der Waals surface area contributed by atoms with Crippen LogP contribution in [-0.4, -0.2) is 46.5 Å². The van der Waals surface area contributed by atoms with Gasteiger partial charge in [-0.3, -0.25) is 0 Å². The zero-order valence-electron chi connectivity index (χ0n) is 26.1. The van der Waals surface area contributed by atoms with Crippen LogP contribution >= 0.6 is 93.5 Å². The lowest BCUT2D eigenvalue weighted by Crippen LogP contribution is -2.01. The minimum Gasteiger partial charge on any atom is -0.157 e. The molecule has 0 aliphatic rings. The van der Waals surface area contributed by atoms with Crippen molar-refractivity contribution in [2.75, 3.05) is 46.5 Å². The predicted octanol–water partition coefficient (Wildman–Crippen LogP) is 13.8. The highest BCUT2D eigenvalue weighted by atomic mass is 35.5. The molecule has 1 aromatic rings. The van der Waals surface area contributed by atoms with Gasteiger partial charge in [0.25, 0.3) is 0 Å². The van der Waals surface area contributed by atoms with E-state index < -0.39 is 0 Å². The Kier molecular flexibility index (Phi) is 32.6. The Morgan fingerprint density at radius 1 is 0.310 bits per heavy atom. The second-order valence-corrected chi connectivity index (χ2v) is 16.9. The molecule has 42 heavy (non-hydrogen) atoms. The van der Waals surface area contributed by atoms with Crippen LogP contribution in [0.4, 0.5) is 0 Å². The number of unbranched alkanes of at least 4 members (excludes halogenated alkanes) is 12. The van der Waals surface area contributed by atoms with Gasteiger partial charge in [0.2, 0.25) is 0 Å². The molecule has 0 N–H and O–H groups in total. The summed E-state index contributed by atoms with van der Waals surface area (Å²) in [6.45, 7) is 0. The van der Waals surface area contributed by atoms with Gasteiger partial charge in [-0.1, -0.05) is 63.5 Å². The van der Waals surface area contributed by atoms with Crippen LogP contribution in [0, 0.1) is 0 Å². The maximum absolute atomic E-state index is 5.86. The number of rotatable bonds is 32. The SMILES string of the molecule is ClCCCCCCSCc1cc(CSCCCCCCCl)c(CSCCCCCCCl)cc1CSCCCCCCCl. The summed E-state index contributed by atoms with van der Waals surface area (Å²) in [5, 5.41) is 0. The molecular formula is C34H58Cl4S4. The van der Waals surface area contributed by atoms with Gasteiger partial charge in [0.05, 0.1) is 0 Å². The molecule has 0 heterocycles. The third kappa shape index (κ3) is 24.0. The first kappa shape index (κ1) is 41.8. The summed E-state index contributed by atoms with van der Waals surface area (Å²) in [4.78, 5) is 0. The number of hydrogen-bond acceptors (Lipinski definition) is 4. The standard InChI is InChI=1S/C34H58Cl4S4/c35-17-9-1-5-13-21-39-27-31-25-33(29-41-23-15-7-3-11-19-37)34(30-42-24-16-8-4-12-20-38)26-32(31)28-40-22-14-6-2-10-18-36/h25-26H,1-24,27-30H2. The van der Waals surface area contributed by atoms with Crippen molar-refractivity contribution in [1.29, 1.82) is 0 Å². The summed E-state index contributed by atoms with van der Waals surface area (Å²) >= 11 is 32.0. The molecule has 0 aliphatic heterocycles. The molecule has 0 unspecified atom stereocenters. The molecule has 1 rings (SSSR count). The highest BCUT2D eigenvalue weighted by molar-refractivity contribution is 7.99. The van der Waals surface area contributed by atoms with E-state index in [1.54, 1.807) is 22.3 Å². The van der Waals surface area contributed by atoms with E-state index in [9.17, 15) is 0 Å². The van der Waals surface area contributed by atoms with Gasteiger partial charge >= 0.3 is 0 Å². The Bertz CT molecular complexity index is 609. The molecule has 0 nitrogen and oxygen atoms in total. The Morgan fingerprint density at radius 2 is 0.524 bits per heavy atom. The lowest BCUT2D eigenvalue weighted by Gasteiger charge is -2.17. The molecule has 0 spiro atoms. The van der Waals surface area contributed by atoms with Gasteiger partial charge in [-0.2, -0.15) is 47.0 Å². The molecule has 0 atom stereocenters. The van der Waals surface area contributed by atoms with Crippen LogP contribution in [0.2, 0.25) is 0 Å². The average molecular weight is 737 g/mol. The zero-order chi connectivity index (χ0) is 30.4. The van der Waals surface area contributed by atoms with E-state index in [0.29, 0.717) is 0 Å². The lowest BCUT2D eigenvalue weighted by molar-refractivity contribution is 0.709. The Labute approximate surface area is 297 Å². The van der Waals surface area contributed by atoms with Crippen molar-refractivity contribution >= 4 is 93.5 Å². The monoisotopic (exact) mass is 734 g/mol. The third-order valence-electron chi connectivity index (χ3n) is 7.24. The molecule has 1 aromatic carbocycles. The molecule has 0 amide bonds. The van der Waals surface area contributed by atoms with Crippen molar-refractivity contribution in [1.82, 2.24) is 0 Å². The van der Waals surface area contributed by atoms with E-state index in [1.807, 2.05) is 0 Å². The molecule has 0 radical (unpaired) electrons. The lowest BCUT2D eigenvalue weighted by atomic mass is 10.0. The summed E-state index contributed by atoms with van der Waals surface area (Å²) in [6, 6.07) is 5.21. The van der Waals surface area contributed by atoms with Crippen molar-refractivity contribution in [3.05, 3.63) is 34.4 Å². The van der Waals surface area contributed by atoms with Gasteiger partial charge in [-0.15, -0.1) is 46.4 Å². The van der Waals surface area contributed by atoms with Crippen LogP contribution in [0.3, 0.4) is 0 Å². The minimum atomic E-state index is 0.799. The van der Waals surface area contributed by atoms with Crippen LogP contribution in [0.15, 0.2) is 12.1 Å². The molecule has 246 valence electrons. The third-order valence-corrected chi connectivity index (χ3v) is 12.7. The smallest absolute Gasteiger partial charge is 0.0223 e. The van der Waals surface area contributed by atoms with E-state index in [1.165, 1.54) is 100 Å². The quantitative estimate of drug-likeness (QED) is 0.0533. The minimum absolute atomic E-state index is 0.799. The fraction of sp³-hybridized carbons (Fsp3) is 0.824. The van der Waals surface area contributed by atoms with E-state index in [-0.39, 0.29) is 0 Å². The van der Waals surface area contributed by atoms with Gasteiger partial charge < -0.3 is 0 Å². The fourth-order valence-corrected chi connectivity index (χ4v) is 9.59. The van der Waals surface area contributed by atoms with E-state index in [0.717, 1.165) is 72.2 Å². The largest absolute Gasteiger partial charge is 0.157 e. The summed E-state index contributed by atoms with van der Waals surface area (Å²) in [5.41, 5.74) is 6.34. The maximum atomic E-state index is 5.86. The first-order valence-corrected chi connectivity index (χ1v) is 23.2. The van der Waals surface area contributed by atoms with Crippen molar-refractivity contribution in [3.8, 4) is 0 Å². The van der Waals surface area contributed by atoms with Crippen molar-refractivity contribution < 1.29 is 0 Å². The van der Waals surface area contributed by atoms with Gasteiger partial charge in [0.15, 0.2) is 0 Å². The number of halogens is 4. The van der Waals surface area contributed by atoms with Crippen LogP contribution in [0.1, 0.15) is 125 Å². The Balaban J connectivity index is 2.84. The molecule has 0 aliphatic carbocycles. The molecule has 0 saturated heterocycles. The maximum Gasteiger partial charge on any atom is 0.0223 e. The fourth-order valence-electron chi connectivity index (χ4n) is 4.67. The van der Waals surface area contributed by atoms with Crippen LogP contribution in [-0.2, 0) is 23.0 Å². The zero-order valence-corrected chi connectivity index (χ0v) is 32.4. The van der Waals surface area contributed by atoms with Crippen LogP contribution in [0.25, 0.3) is 0 Å². The van der Waals surface area contributed by atoms with Crippen molar-refractivity contribution in [2.45, 2.75) is 126 Å².